The molecule has 0 fully saturated rings. The molecule has 0 aromatic rings. The number of hydrogen-bond acceptors (Lipinski definition) is 1. The second-order valence-corrected chi connectivity index (χ2v) is 2.92. The first-order valence-electron chi connectivity index (χ1n) is 4.29. The van der Waals surface area contributed by atoms with Crippen molar-refractivity contribution in [2.24, 2.45) is 4.99 Å². The van der Waals surface area contributed by atoms with Gasteiger partial charge in [-0.25, -0.2) is 0 Å². The van der Waals surface area contributed by atoms with E-state index in [-0.39, 0.29) is 0 Å². The number of hydrogen-bond donors (Lipinski definition) is 0. The maximum absolute atomic E-state index is 4.27. The minimum Gasteiger partial charge on any atom is -0.295 e. The van der Waals surface area contributed by atoms with E-state index in [1.54, 1.807) is 0 Å². The van der Waals surface area contributed by atoms with Crippen LogP contribution in [-0.4, -0.2) is 12.3 Å². The van der Waals surface area contributed by atoms with Gasteiger partial charge in [-0.1, -0.05) is 19.8 Å². The summed E-state index contributed by atoms with van der Waals surface area (Å²) in [5.41, 5.74) is 0. The van der Waals surface area contributed by atoms with Gasteiger partial charge in [0.2, 0.25) is 0 Å². The van der Waals surface area contributed by atoms with E-state index in [0.29, 0.717) is 6.04 Å². The van der Waals surface area contributed by atoms with Gasteiger partial charge in [-0.05, 0) is 32.9 Å². The van der Waals surface area contributed by atoms with Crippen LogP contribution in [0.15, 0.2) is 4.99 Å². The Labute approximate surface area is 64.6 Å². The quantitative estimate of drug-likeness (QED) is 0.412. The van der Waals surface area contributed by atoms with Crippen LogP contribution in [0.2, 0.25) is 0 Å². The monoisotopic (exact) mass is 141 g/mol. The molecule has 0 radical (unpaired) electrons. The van der Waals surface area contributed by atoms with Crippen LogP contribution in [0, 0.1) is 0 Å². The van der Waals surface area contributed by atoms with Crippen LogP contribution in [0.4, 0.5) is 0 Å². The van der Waals surface area contributed by atoms with Gasteiger partial charge in [-0.15, -0.1) is 0 Å². The lowest BCUT2D eigenvalue weighted by Crippen LogP contribution is -1.88. The van der Waals surface area contributed by atoms with Crippen molar-refractivity contribution in [1.29, 1.82) is 0 Å². The highest BCUT2D eigenvalue weighted by molar-refractivity contribution is 5.57. The van der Waals surface area contributed by atoms with E-state index >= 15 is 0 Å². The predicted octanol–water partition coefficient (Wildman–Crippen LogP) is 3.05. The predicted molar refractivity (Wildman–Crippen MR) is 47.8 cm³/mol. The van der Waals surface area contributed by atoms with Crippen LogP contribution in [0.25, 0.3) is 0 Å². The summed E-state index contributed by atoms with van der Waals surface area (Å²) in [4.78, 5) is 4.27. The number of aliphatic imine (C=N–C) groups is 1. The van der Waals surface area contributed by atoms with Gasteiger partial charge < -0.3 is 0 Å². The molecule has 0 heterocycles. The van der Waals surface area contributed by atoms with Gasteiger partial charge in [-0.3, -0.25) is 4.99 Å². The summed E-state index contributed by atoms with van der Waals surface area (Å²) in [7, 11) is 0. The summed E-state index contributed by atoms with van der Waals surface area (Å²) in [6, 6.07) is 0.474. The zero-order chi connectivity index (χ0) is 7.82. The SMILES string of the molecule is CCCCCC=NC(C)C. The van der Waals surface area contributed by atoms with Crippen LogP contribution >= 0.6 is 0 Å². The highest BCUT2D eigenvalue weighted by Gasteiger charge is 1.84. The fraction of sp³-hybridized carbons (Fsp3) is 0.889. The summed E-state index contributed by atoms with van der Waals surface area (Å²) >= 11 is 0. The van der Waals surface area contributed by atoms with Gasteiger partial charge in [0.1, 0.15) is 0 Å². The smallest absolute Gasteiger partial charge is 0.0439 e. The molecule has 1 heteroatoms. The topological polar surface area (TPSA) is 12.4 Å². The zero-order valence-corrected chi connectivity index (χ0v) is 7.43. The molecule has 60 valence electrons. The van der Waals surface area contributed by atoms with E-state index in [9.17, 15) is 0 Å². The molecule has 0 saturated carbocycles. The van der Waals surface area contributed by atoms with Gasteiger partial charge in [0.05, 0.1) is 0 Å². The highest BCUT2D eigenvalue weighted by Crippen LogP contribution is 1.96. The maximum Gasteiger partial charge on any atom is 0.0439 e. The molecule has 1 nitrogen and oxygen atoms in total. The molecule has 0 aliphatic rings. The van der Waals surface area contributed by atoms with E-state index < -0.39 is 0 Å². The van der Waals surface area contributed by atoms with Gasteiger partial charge in [0.15, 0.2) is 0 Å². The van der Waals surface area contributed by atoms with E-state index in [1.807, 2.05) is 0 Å². The van der Waals surface area contributed by atoms with Crippen molar-refractivity contribution in [2.45, 2.75) is 52.5 Å². The molecule has 0 amide bonds. The molecule has 0 unspecified atom stereocenters. The Balaban J connectivity index is 3.02. The highest BCUT2D eigenvalue weighted by atomic mass is 14.7. The fourth-order valence-electron chi connectivity index (χ4n) is 0.771. The van der Waals surface area contributed by atoms with Crippen LogP contribution in [0.1, 0.15) is 46.5 Å². The molecular weight excluding hydrogens is 122 g/mol. The number of unbranched alkanes of at least 4 members (excludes halogenated alkanes) is 3. The third-order valence-corrected chi connectivity index (χ3v) is 1.34. The Morgan fingerprint density at radius 2 is 2.00 bits per heavy atom. The number of rotatable bonds is 5. The fourth-order valence-corrected chi connectivity index (χ4v) is 0.771. The lowest BCUT2D eigenvalue weighted by Gasteiger charge is -1.94. The normalized spacial score (nSPS) is 11.6. The van der Waals surface area contributed by atoms with Gasteiger partial charge in [-0.2, -0.15) is 0 Å². The van der Waals surface area contributed by atoms with E-state index in [0.717, 1.165) is 6.42 Å². The lowest BCUT2D eigenvalue weighted by atomic mass is 10.2. The van der Waals surface area contributed by atoms with Gasteiger partial charge in [0.25, 0.3) is 0 Å². The minimum atomic E-state index is 0.474. The summed E-state index contributed by atoms with van der Waals surface area (Å²) in [5, 5.41) is 0. The average Bonchev–Trinajstić information content (AvgIpc) is 1.87. The van der Waals surface area contributed by atoms with Crippen molar-refractivity contribution in [2.75, 3.05) is 0 Å². The third-order valence-electron chi connectivity index (χ3n) is 1.34. The minimum absolute atomic E-state index is 0.474. The van der Waals surface area contributed by atoms with E-state index in [1.165, 1.54) is 19.3 Å². The summed E-state index contributed by atoms with van der Waals surface area (Å²) in [6.45, 7) is 6.44. The summed E-state index contributed by atoms with van der Waals surface area (Å²) < 4.78 is 0. The molecule has 0 aromatic heterocycles. The van der Waals surface area contributed by atoms with Gasteiger partial charge in [0, 0.05) is 6.04 Å². The molecule has 0 atom stereocenters. The molecule has 0 aliphatic carbocycles. The van der Waals surface area contributed by atoms with E-state index in [4.69, 9.17) is 0 Å². The van der Waals surface area contributed by atoms with Crippen molar-refractivity contribution in [1.82, 2.24) is 0 Å². The number of nitrogens with zero attached hydrogens (tertiary/aromatic N) is 1. The molecule has 0 saturated heterocycles. The molecule has 0 aromatic carbocycles. The summed E-state index contributed by atoms with van der Waals surface area (Å²) in [5.74, 6) is 0. The Morgan fingerprint density at radius 3 is 2.50 bits per heavy atom. The first-order valence-corrected chi connectivity index (χ1v) is 4.29. The van der Waals surface area contributed by atoms with Crippen LogP contribution in [0.3, 0.4) is 0 Å². The standard InChI is InChI=1S/C9H19N/c1-4-5-6-7-8-10-9(2)3/h8-9H,4-7H2,1-3H3. The second-order valence-electron chi connectivity index (χ2n) is 2.92. The molecule has 0 N–H and O–H groups in total. The first-order chi connectivity index (χ1) is 4.77. The summed E-state index contributed by atoms with van der Waals surface area (Å²) in [6.07, 6.45) is 7.15. The third kappa shape index (κ3) is 7.67. The van der Waals surface area contributed by atoms with Crippen LogP contribution < -0.4 is 0 Å². The first kappa shape index (κ1) is 9.67. The lowest BCUT2D eigenvalue weighted by molar-refractivity contribution is 0.741. The Kier molecular flexibility index (Phi) is 6.56. The van der Waals surface area contributed by atoms with Crippen molar-refractivity contribution in [3.63, 3.8) is 0 Å². The van der Waals surface area contributed by atoms with Gasteiger partial charge >= 0.3 is 0 Å². The largest absolute Gasteiger partial charge is 0.295 e. The Hall–Kier alpha value is -0.330. The second kappa shape index (κ2) is 6.79. The van der Waals surface area contributed by atoms with Crippen LogP contribution in [-0.2, 0) is 0 Å². The van der Waals surface area contributed by atoms with E-state index in [2.05, 4.69) is 32.0 Å². The molecule has 0 rings (SSSR count). The maximum atomic E-state index is 4.27. The zero-order valence-electron chi connectivity index (χ0n) is 7.43. The Bertz CT molecular complexity index is 84.7. The van der Waals surface area contributed by atoms with Crippen LogP contribution in [0.5, 0.6) is 0 Å². The molecule has 0 aliphatic heterocycles. The Morgan fingerprint density at radius 1 is 1.30 bits per heavy atom. The molecule has 0 bridgehead atoms. The molecule has 0 spiro atoms. The van der Waals surface area contributed by atoms with Crippen molar-refractivity contribution in [3.8, 4) is 0 Å². The molecular formula is C9H19N. The van der Waals surface area contributed by atoms with Crippen molar-refractivity contribution in [3.05, 3.63) is 0 Å². The molecule has 10 heavy (non-hydrogen) atoms. The average molecular weight is 141 g/mol. The van der Waals surface area contributed by atoms with Crippen molar-refractivity contribution >= 4 is 6.21 Å². The van der Waals surface area contributed by atoms with Crippen molar-refractivity contribution < 1.29 is 0 Å².